The zero-order chi connectivity index (χ0) is 19.2. The molecular weight excluding hydrogens is 340 g/mol. The average molecular weight is 367 g/mol. The highest BCUT2D eigenvalue weighted by molar-refractivity contribution is 5.56. The molecule has 2 atom stereocenters. The van der Waals surface area contributed by atoms with Gasteiger partial charge in [0.15, 0.2) is 0 Å². The highest BCUT2D eigenvalue weighted by atomic mass is 16.5. The third-order valence-corrected chi connectivity index (χ3v) is 5.39. The summed E-state index contributed by atoms with van der Waals surface area (Å²) in [6, 6.07) is 30.0. The van der Waals surface area contributed by atoms with Crippen LogP contribution in [0.1, 0.15) is 28.2 Å². The molecule has 0 aliphatic carbocycles. The van der Waals surface area contributed by atoms with Crippen LogP contribution in [0.5, 0.6) is 0 Å². The van der Waals surface area contributed by atoms with Crippen molar-refractivity contribution in [2.75, 3.05) is 13.2 Å². The summed E-state index contributed by atoms with van der Waals surface area (Å²) in [5, 5.41) is 0. The van der Waals surface area contributed by atoms with Crippen LogP contribution in [0.4, 0.5) is 0 Å². The lowest BCUT2D eigenvalue weighted by Gasteiger charge is -2.21. The minimum atomic E-state index is 0.292. The van der Waals surface area contributed by atoms with Crippen molar-refractivity contribution in [1.82, 2.24) is 0 Å². The van der Waals surface area contributed by atoms with Crippen LogP contribution in [0.3, 0.4) is 0 Å². The largest absolute Gasteiger partial charge is 0.376 e. The average Bonchev–Trinajstić information content (AvgIpc) is 3.19. The maximum absolute atomic E-state index is 5.91. The summed E-state index contributed by atoms with van der Waals surface area (Å²) in [4.78, 5) is 0. The van der Waals surface area contributed by atoms with Crippen molar-refractivity contribution in [2.45, 2.75) is 12.8 Å². The molecule has 1 aliphatic heterocycles. The molecule has 3 aromatic rings. The van der Waals surface area contributed by atoms with Crippen molar-refractivity contribution < 1.29 is 4.74 Å². The molecule has 0 bridgehead atoms. The van der Waals surface area contributed by atoms with Crippen LogP contribution >= 0.6 is 0 Å². The van der Waals surface area contributed by atoms with E-state index in [1.165, 1.54) is 27.8 Å². The monoisotopic (exact) mass is 366 g/mol. The van der Waals surface area contributed by atoms with Gasteiger partial charge in [0.2, 0.25) is 0 Å². The molecule has 4 rings (SSSR count). The van der Waals surface area contributed by atoms with E-state index >= 15 is 0 Å². The summed E-state index contributed by atoms with van der Waals surface area (Å²) in [5.74, 6) is 0.643. The third-order valence-electron chi connectivity index (χ3n) is 5.39. The first kappa shape index (κ1) is 18.5. The van der Waals surface area contributed by atoms with Crippen LogP contribution in [0.25, 0.3) is 12.2 Å². The Labute approximate surface area is 168 Å². The molecule has 1 fully saturated rings. The minimum absolute atomic E-state index is 0.292. The summed E-state index contributed by atoms with van der Waals surface area (Å²) >= 11 is 0. The normalized spacial score (nSPS) is 19.3. The lowest BCUT2D eigenvalue weighted by molar-refractivity contribution is 0.185. The van der Waals surface area contributed by atoms with Crippen molar-refractivity contribution in [3.63, 3.8) is 0 Å². The van der Waals surface area contributed by atoms with Crippen LogP contribution in [0.15, 0.2) is 96.6 Å². The maximum Gasteiger partial charge on any atom is 0.0684 e. The van der Waals surface area contributed by atoms with Crippen molar-refractivity contribution in [2.24, 2.45) is 5.92 Å². The molecule has 1 heteroatoms. The number of benzene rings is 3. The van der Waals surface area contributed by atoms with E-state index in [0.29, 0.717) is 18.4 Å². The number of aryl methyl sites for hydroxylation is 1. The molecule has 0 saturated carbocycles. The Morgan fingerprint density at radius 1 is 0.821 bits per heavy atom. The second-order valence-corrected chi connectivity index (χ2v) is 7.46. The van der Waals surface area contributed by atoms with Crippen LogP contribution in [-0.2, 0) is 4.74 Å². The van der Waals surface area contributed by atoms with Gasteiger partial charge in [-0.2, -0.15) is 0 Å². The van der Waals surface area contributed by atoms with E-state index in [1.807, 2.05) is 0 Å². The van der Waals surface area contributed by atoms with Gasteiger partial charge in [0, 0.05) is 11.8 Å². The van der Waals surface area contributed by atoms with Crippen molar-refractivity contribution in [3.8, 4) is 0 Å². The summed E-state index contributed by atoms with van der Waals surface area (Å²) in [6.45, 7) is 3.59. The number of allylic oxidation sites excluding steroid dienone is 1. The summed E-state index contributed by atoms with van der Waals surface area (Å²) in [5.41, 5.74) is 6.46. The molecule has 140 valence electrons. The number of hydrogen-bond donors (Lipinski definition) is 0. The van der Waals surface area contributed by atoms with Gasteiger partial charge < -0.3 is 4.74 Å². The summed E-state index contributed by atoms with van der Waals surface area (Å²) in [7, 11) is 0. The van der Waals surface area contributed by atoms with Crippen molar-refractivity contribution in [3.05, 3.63) is 119 Å². The summed E-state index contributed by atoms with van der Waals surface area (Å²) in [6.07, 6.45) is 6.89. The SMILES string of the molecule is Cc1ccc(/C=C/C(c2ccccc2)C2COC/C2=C\c2ccccc2)cc1. The lowest BCUT2D eigenvalue weighted by atomic mass is 9.81. The summed E-state index contributed by atoms with van der Waals surface area (Å²) < 4.78 is 5.91. The van der Waals surface area contributed by atoms with Crippen LogP contribution in [0.2, 0.25) is 0 Å². The highest BCUT2D eigenvalue weighted by Gasteiger charge is 2.29. The molecule has 0 aromatic heterocycles. The molecule has 1 heterocycles. The fourth-order valence-electron chi connectivity index (χ4n) is 3.81. The molecule has 0 N–H and O–H groups in total. The van der Waals surface area contributed by atoms with Gasteiger partial charge in [0.1, 0.15) is 0 Å². The van der Waals surface area contributed by atoms with Gasteiger partial charge in [-0.25, -0.2) is 0 Å². The zero-order valence-electron chi connectivity index (χ0n) is 16.3. The van der Waals surface area contributed by atoms with Gasteiger partial charge in [-0.1, -0.05) is 109 Å². The molecule has 0 radical (unpaired) electrons. The minimum Gasteiger partial charge on any atom is -0.376 e. The standard InChI is InChI=1S/C27H26O/c1-21-12-14-22(15-13-21)16-17-26(24-10-6-3-7-11-24)27-20-28-19-25(27)18-23-8-4-2-5-9-23/h2-18,26-27H,19-20H2,1H3/b17-16+,25-18+. The smallest absolute Gasteiger partial charge is 0.0684 e. The predicted molar refractivity (Wildman–Crippen MR) is 118 cm³/mol. The molecule has 2 unspecified atom stereocenters. The van der Waals surface area contributed by atoms with E-state index in [0.717, 1.165) is 6.61 Å². The Hall–Kier alpha value is -2.90. The first-order valence-electron chi connectivity index (χ1n) is 9.93. The van der Waals surface area contributed by atoms with Crippen molar-refractivity contribution >= 4 is 12.2 Å². The fourth-order valence-corrected chi connectivity index (χ4v) is 3.81. The first-order valence-corrected chi connectivity index (χ1v) is 9.93. The zero-order valence-corrected chi connectivity index (χ0v) is 16.3. The molecular formula is C27H26O. The fraction of sp³-hybridized carbons (Fsp3) is 0.185. The molecule has 0 amide bonds. The second kappa shape index (κ2) is 8.86. The topological polar surface area (TPSA) is 9.23 Å². The van der Waals surface area contributed by atoms with Gasteiger partial charge >= 0.3 is 0 Å². The Bertz CT molecular complexity index is 937. The molecule has 28 heavy (non-hydrogen) atoms. The van der Waals surface area contributed by atoms with Gasteiger partial charge in [0.25, 0.3) is 0 Å². The lowest BCUT2D eigenvalue weighted by Crippen LogP contribution is -2.13. The Morgan fingerprint density at radius 3 is 2.21 bits per heavy atom. The van der Waals surface area contributed by atoms with Gasteiger partial charge in [0.05, 0.1) is 13.2 Å². The quantitative estimate of drug-likeness (QED) is 0.499. The first-order chi connectivity index (χ1) is 13.8. The van der Waals surface area contributed by atoms with Crippen LogP contribution in [-0.4, -0.2) is 13.2 Å². The molecule has 1 nitrogen and oxygen atoms in total. The van der Waals surface area contributed by atoms with E-state index in [1.54, 1.807) is 0 Å². The Kier molecular flexibility index (Phi) is 5.84. The number of ether oxygens (including phenoxy) is 1. The molecule has 1 saturated heterocycles. The number of hydrogen-bond acceptors (Lipinski definition) is 1. The highest BCUT2D eigenvalue weighted by Crippen LogP contribution is 2.37. The van der Waals surface area contributed by atoms with Crippen LogP contribution < -0.4 is 0 Å². The van der Waals surface area contributed by atoms with E-state index in [4.69, 9.17) is 4.74 Å². The van der Waals surface area contributed by atoms with E-state index in [9.17, 15) is 0 Å². The molecule has 1 aliphatic rings. The molecule has 3 aromatic carbocycles. The van der Waals surface area contributed by atoms with Crippen LogP contribution in [0, 0.1) is 12.8 Å². The second-order valence-electron chi connectivity index (χ2n) is 7.46. The van der Waals surface area contributed by atoms with E-state index in [2.05, 4.69) is 110 Å². The van der Waals surface area contributed by atoms with Crippen molar-refractivity contribution in [1.29, 1.82) is 0 Å². The predicted octanol–water partition coefficient (Wildman–Crippen LogP) is 6.52. The Balaban J connectivity index is 1.66. The van der Waals surface area contributed by atoms with Gasteiger partial charge in [-0.15, -0.1) is 0 Å². The maximum atomic E-state index is 5.91. The van der Waals surface area contributed by atoms with Gasteiger partial charge in [-0.3, -0.25) is 0 Å². The number of rotatable bonds is 5. The van der Waals surface area contributed by atoms with Gasteiger partial charge in [-0.05, 0) is 29.2 Å². The van der Waals surface area contributed by atoms with E-state index in [-0.39, 0.29) is 0 Å². The van der Waals surface area contributed by atoms with E-state index < -0.39 is 0 Å². The Morgan fingerprint density at radius 2 is 1.50 bits per heavy atom. The molecule has 0 spiro atoms. The third kappa shape index (κ3) is 4.49.